The minimum Gasteiger partial charge on any atom is -0.353 e. The van der Waals surface area contributed by atoms with Crippen molar-refractivity contribution in [1.29, 1.82) is 0 Å². The molecule has 0 spiro atoms. The van der Waals surface area contributed by atoms with E-state index in [-0.39, 0.29) is 5.02 Å². The van der Waals surface area contributed by atoms with Gasteiger partial charge in [0.1, 0.15) is 5.82 Å². The lowest BCUT2D eigenvalue weighted by Gasteiger charge is -2.43. The van der Waals surface area contributed by atoms with E-state index in [4.69, 9.17) is 11.6 Å². The zero-order valence-corrected chi connectivity index (χ0v) is 14.4. The van der Waals surface area contributed by atoms with Crippen LogP contribution in [-0.4, -0.2) is 67.1 Å². The second kappa shape index (κ2) is 7.06. The van der Waals surface area contributed by atoms with Crippen LogP contribution in [0.1, 0.15) is 18.4 Å². The van der Waals surface area contributed by atoms with Gasteiger partial charge >= 0.3 is 6.18 Å². The third kappa shape index (κ3) is 3.95. The summed E-state index contributed by atoms with van der Waals surface area (Å²) in [7, 11) is 2.15. The van der Waals surface area contributed by atoms with Gasteiger partial charge in [0.2, 0.25) is 0 Å². The molecular formula is C16H22ClF3N4. The normalized spacial score (nSPS) is 24.4. The van der Waals surface area contributed by atoms with E-state index in [0.29, 0.717) is 11.9 Å². The minimum atomic E-state index is -4.42. The summed E-state index contributed by atoms with van der Waals surface area (Å²) in [6, 6.07) is 1.54. The number of aromatic nitrogens is 1. The standard InChI is InChI=1S/C16H22ClF3N4/c1-22-4-2-3-13(11-22)23-5-7-24(8-6-23)15-14(17)9-12(10-21-15)16(18,19)20/h9-10,13H,2-8,11H2,1H3. The fourth-order valence-electron chi connectivity index (χ4n) is 3.55. The Morgan fingerprint density at radius 3 is 2.46 bits per heavy atom. The molecule has 1 aromatic rings. The van der Waals surface area contributed by atoms with Crippen molar-refractivity contribution in [2.45, 2.75) is 25.1 Å². The molecule has 24 heavy (non-hydrogen) atoms. The summed E-state index contributed by atoms with van der Waals surface area (Å²) in [5.41, 5.74) is -0.805. The maximum atomic E-state index is 12.7. The average molecular weight is 363 g/mol. The van der Waals surface area contributed by atoms with Crippen LogP contribution in [0.15, 0.2) is 12.3 Å². The molecule has 0 aromatic carbocycles. The summed E-state index contributed by atoms with van der Waals surface area (Å²) in [5, 5.41) is 0.0654. The molecule has 1 atom stereocenters. The van der Waals surface area contributed by atoms with Crippen molar-refractivity contribution in [3.8, 4) is 0 Å². The zero-order valence-electron chi connectivity index (χ0n) is 13.7. The third-order valence-corrected chi connectivity index (χ3v) is 5.16. The van der Waals surface area contributed by atoms with Crippen molar-refractivity contribution in [1.82, 2.24) is 14.8 Å². The molecule has 0 aliphatic carbocycles. The minimum absolute atomic E-state index is 0.0654. The average Bonchev–Trinajstić information content (AvgIpc) is 2.54. The predicted octanol–water partition coefficient (Wildman–Crippen LogP) is 2.97. The van der Waals surface area contributed by atoms with Gasteiger partial charge in [-0.25, -0.2) is 4.98 Å². The number of hydrogen-bond acceptors (Lipinski definition) is 4. The Morgan fingerprint density at radius 2 is 1.88 bits per heavy atom. The molecule has 1 unspecified atom stereocenters. The van der Waals surface area contributed by atoms with Crippen molar-refractivity contribution in [3.63, 3.8) is 0 Å². The fraction of sp³-hybridized carbons (Fsp3) is 0.688. The summed E-state index contributed by atoms with van der Waals surface area (Å²) in [6.45, 7) is 5.48. The molecule has 0 radical (unpaired) electrons. The van der Waals surface area contributed by atoms with Crippen molar-refractivity contribution >= 4 is 17.4 Å². The number of likely N-dealkylation sites (N-methyl/N-ethyl adjacent to an activating group) is 1. The summed E-state index contributed by atoms with van der Waals surface area (Å²) in [4.78, 5) is 10.8. The van der Waals surface area contributed by atoms with Crippen LogP contribution in [0.5, 0.6) is 0 Å². The van der Waals surface area contributed by atoms with Crippen LogP contribution in [0.25, 0.3) is 0 Å². The molecule has 0 N–H and O–H groups in total. The number of pyridine rings is 1. The van der Waals surface area contributed by atoms with E-state index in [1.807, 2.05) is 4.90 Å². The predicted molar refractivity (Wildman–Crippen MR) is 88.6 cm³/mol. The van der Waals surface area contributed by atoms with Crippen molar-refractivity contribution < 1.29 is 13.2 Å². The number of piperidine rings is 1. The van der Waals surface area contributed by atoms with Crippen LogP contribution in [-0.2, 0) is 6.18 Å². The van der Waals surface area contributed by atoms with Crippen LogP contribution in [0.3, 0.4) is 0 Å². The summed E-state index contributed by atoms with van der Waals surface area (Å²) in [5.74, 6) is 0.449. The van der Waals surface area contributed by atoms with E-state index in [2.05, 4.69) is 21.8 Å². The van der Waals surface area contributed by atoms with E-state index < -0.39 is 11.7 Å². The molecular weight excluding hydrogens is 341 g/mol. The fourth-order valence-corrected chi connectivity index (χ4v) is 3.84. The number of hydrogen-bond donors (Lipinski definition) is 0. The van der Waals surface area contributed by atoms with Gasteiger partial charge in [0, 0.05) is 45.0 Å². The highest BCUT2D eigenvalue weighted by Crippen LogP contribution is 2.33. The molecule has 2 saturated heterocycles. The topological polar surface area (TPSA) is 22.6 Å². The van der Waals surface area contributed by atoms with Gasteiger partial charge < -0.3 is 9.80 Å². The van der Waals surface area contributed by atoms with Gasteiger partial charge in [-0.05, 0) is 32.5 Å². The number of halogens is 4. The van der Waals surface area contributed by atoms with E-state index in [1.165, 1.54) is 12.8 Å². The SMILES string of the molecule is CN1CCCC(N2CCN(c3ncc(C(F)(F)F)cc3Cl)CC2)C1. The molecule has 0 saturated carbocycles. The molecule has 2 aliphatic heterocycles. The quantitative estimate of drug-likeness (QED) is 0.806. The Labute approximate surface area is 145 Å². The number of piperazine rings is 1. The van der Waals surface area contributed by atoms with Crippen LogP contribution >= 0.6 is 11.6 Å². The first-order chi connectivity index (χ1) is 11.3. The third-order valence-electron chi connectivity index (χ3n) is 4.88. The number of anilines is 1. The van der Waals surface area contributed by atoms with Gasteiger partial charge in [0.25, 0.3) is 0 Å². The summed E-state index contributed by atoms with van der Waals surface area (Å²) < 4.78 is 38.1. The lowest BCUT2D eigenvalue weighted by atomic mass is 10.0. The van der Waals surface area contributed by atoms with Gasteiger partial charge in [-0.2, -0.15) is 13.2 Å². The molecule has 8 heteroatoms. The molecule has 3 rings (SSSR count). The van der Waals surface area contributed by atoms with Gasteiger partial charge in [-0.1, -0.05) is 11.6 Å². The molecule has 134 valence electrons. The van der Waals surface area contributed by atoms with Gasteiger partial charge in [-0.3, -0.25) is 4.90 Å². The summed E-state index contributed by atoms with van der Waals surface area (Å²) in [6.07, 6.45) is -1.12. The van der Waals surface area contributed by atoms with Gasteiger partial charge in [0.15, 0.2) is 0 Å². The van der Waals surface area contributed by atoms with Gasteiger partial charge in [-0.15, -0.1) is 0 Å². The first-order valence-electron chi connectivity index (χ1n) is 8.25. The van der Waals surface area contributed by atoms with Crippen molar-refractivity contribution in [3.05, 3.63) is 22.8 Å². The molecule has 2 aliphatic rings. The zero-order chi connectivity index (χ0) is 17.3. The monoisotopic (exact) mass is 362 g/mol. The molecule has 1 aromatic heterocycles. The number of likely N-dealkylation sites (tertiary alicyclic amines) is 1. The van der Waals surface area contributed by atoms with Crippen LogP contribution < -0.4 is 4.90 Å². The Balaban J connectivity index is 1.62. The van der Waals surface area contributed by atoms with E-state index in [0.717, 1.165) is 51.5 Å². The van der Waals surface area contributed by atoms with E-state index >= 15 is 0 Å². The van der Waals surface area contributed by atoms with E-state index in [1.54, 1.807) is 0 Å². The van der Waals surface area contributed by atoms with Crippen molar-refractivity contribution in [2.75, 3.05) is 51.2 Å². The van der Waals surface area contributed by atoms with Crippen LogP contribution in [0.2, 0.25) is 5.02 Å². The second-order valence-electron chi connectivity index (χ2n) is 6.61. The van der Waals surface area contributed by atoms with Crippen molar-refractivity contribution in [2.24, 2.45) is 0 Å². The molecule has 0 amide bonds. The Bertz CT molecular complexity index is 573. The number of nitrogens with zero attached hydrogens (tertiary/aromatic N) is 4. The molecule has 4 nitrogen and oxygen atoms in total. The lowest BCUT2D eigenvalue weighted by Crippen LogP contribution is -2.54. The van der Waals surface area contributed by atoms with Gasteiger partial charge in [0.05, 0.1) is 10.6 Å². The Morgan fingerprint density at radius 1 is 1.17 bits per heavy atom. The maximum absolute atomic E-state index is 12.7. The molecule has 3 heterocycles. The van der Waals surface area contributed by atoms with Crippen LogP contribution in [0.4, 0.5) is 19.0 Å². The second-order valence-corrected chi connectivity index (χ2v) is 7.02. The maximum Gasteiger partial charge on any atom is 0.417 e. The first-order valence-corrected chi connectivity index (χ1v) is 8.62. The highest BCUT2D eigenvalue weighted by Gasteiger charge is 2.33. The molecule has 0 bridgehead atoms. The highest BCUT2D eigenvalue weighted by molar-refractivity contribution is 6.33. The molecule has 2 fully saturated rings. The Hall–Kier alpha value is -1.05. The number of alkyl halides is 3. The van der Waals surface area contributed by atoms with E-state index in [9.17, 15) is 13.2 Å². The highest BCUT2D eigenvalue weighted by atomic mass is 35.5. The lowest BCUT2D eigenvalue weighted by molar-refractivity contribution is -0.137. The summed E-state index contributed by atoms with van der Waals surface area (Å²) >= 11 is 6.05. The number of rotatable bonds is 2. The smallest absolute Gasteiger partial charge is 0.353 e. The first kappa shape index (κ1) is 17.8. The Kier molecular flexibility index (Phi) is 5.22. The van der Waals surface area contributed by atoms with Crippen LogP contribution in [0, 0.1) is 0 Å². The largest absolute Gasteiger partial charge is 0.417 e.